The fraction of sp³-hybridized carbons (Fsp3) is 0.588. The summed E-state index contributed by atoms with van der Waals surface area (Å²) < 4.78 is 0. The molecule has 1 fully saturated rings. The highest BCUT2D eigenvalue weighted by molar-refractivity contribution is 14.0. The van der Waals surface area contributed by atoms with Crippen LogP contribution >= 0.6 is 35.3 Å². The van der Waals surface area contributed by atoms with Gasteiger partial charge in [-0.3, -0.25) is 14.6 Å². The SMILES string of the molecule is CCC(=O)N1CCC(NC(=NC)NCCCNC(=O)c2cccs2)C1.I. The van der Waals surface area contributed by atoms with Crippen LogP contribution in [0.1, 0.15) is 35.9 Å². The van der Waals surface area contributed by atoms with Crippen molar-refractivity contribution in [2.24, 2.45) is 4.99 Å². The Balaban J connectivity index is 0.00000338. The molecule has 1 aliphatic rings. The Morgan fingerprint density at radius 3 is 2.77 bits per heavy atom. The average Bonchev–Trinajstić information content (AvgIpc) is 3.31. The van der Waals surface area contributed by atoms with Gasteiger partial charge in [0.2, 0.25) is 5.91 Å². The minimum absolute atomic E-state index is 0. The molecule has 0 aliphatic carbocycles. The molecule has 0 spiro atoms. The molecule has 146 valence electrons. The summed E-state index contributed by atoms with van der Waals surface area (Å²) in [5.41, 5.74) is 0. The maximum absolute atomic E-state index is 11.8. The standard InChI is InChI=1S/C17H27N5O2S.HI/c1-3-15(23)22-10-7-13(12-22)21-17(18-2)20-9-5-8-19-16(24)14-6-4-11-25-14;/h4,6,11,13H,3,5,7-10,12H2,1-2H3,(H,19,24)(H2,18,20,21);1H. The second kappa shape index (κ2) is 12.1. The molecular weight excluding hydrogens is 465 g/mol. The van der Waals surface area contributed by atoms with Gasteiger partial charge in [-0.25, -0.2) is 0 Å². The monoisotopic (exact) mass is 493 g/mol. The zero-order valence-electron chi connectivity index (χ0n) is 15.3. The van der Waals surface area contributed by atoms with Gasteiger partial charge in [-0.2, -0.15) is 0 Å². The van der Waals surface area contributed by atoms with Gasteiger partial charge < -0.3 is 20.9 Å². The summed E-state index contributed by atoms with van der Waals surface area (Å²) in [5.74, 6) is 0.915. The smallest absolute Gasteiger partial charge is 0.261 e. The minimum atomic E-state index is -0.0239. The van der Waals surface area contributed by atoms with Crippen LogP contribution in [0.2, 0.25) is 0 Å². The van der Waals surface area contributed by atoms with Crippen LogP contribution in [0.4, 0.5) is 0 Å². The van der Waals surface area contributed by atoms with E-state index in [0.717, 1.165) is 36.8 Å². The fourth-order valence-electron chi connectivity index (χ4n) is 2.71. The van der Waals surface area contributed by atoms with Crippen molar-refractivity contribution < 1.29 is 9.59 Å². The van der Waals surface area contributed by atoms with Gasteiger partial charge in [-0.15, -0.1) is 35.3 Å². The summed E-state index contributed by atoms with van der Waals surface area (Å²) >= 11 is 1.44. The first-order valence-corrected chi connectivity index (χ1v) is 9.58. The highest BCUT2D eigenvalue weighted by atomic mass is 127. The molecule has 1 atom stereocenters. The van der Waals surface area contributed by atoms with Crippen molar-refractivity contribution in [3.8, 4) is 0 Å². The quantitative estimate of drug-likeness (QED) is 0.234. The molecule has 0 aromatic carbocycles. The Morgan fingerprint density at radius 1 is 1.35 bits per heavy atom. The predicted octanol–water partition coefficient (Wildman–Crippen LogP) is 1.66. The molecule has 1 aromatic heterocycles. The fourth-order valence-corrected chi connectivity index (χ4v) is 3.35. The molecule has 0 radical (unpaired) electrons. The second-order valence-electron chi connectivity index (χ2n) is 5.91. The van der Waals surface area contributed by atoms with E-state index in [-0.39, 0.29) is 41.8 Å². The molecule has 1 saturated heterocycles. The van der Waals surface area contributed by atoms with Crippen molar-refractivity contribution in [1.29, 1.82) is 0 Å². The van der Waals surface area contributed by atoms with Crippen LogP contribution in [0.15, 0.2) is 22.5 Å². The van der Waals surface area contributed by atoms with Crippen LogP contribution in [-0.4, -0.2) is 61.9 Å². The first kappa shape index (κ1) is 22.7. The highest BCUT2D eigenvalue weighted by Crippen LogP contribution is 2.10. The van der Waals surface area contributed by atoms with E-state index in [2.05, 4.69) is 20.9 Å². The largest absolute Gasteiger partial charge is 0.356 e. The Morgan fingerprint density at radius 2 is 2.12 bits per heavy atom. The van der Waals surface area contributed by atoms with E-state index in [9.17, 15) is 9.59 Å². The summed E-state index contributed by atoms with van der Waals surface area (Å²) in [5, 5.41) is 11.4. The van der Waals surface area contributed by atoms with Crippen LogP contribution in [-0.2, 0) is 4.79 Å². The normalized spacial score (nSPS) is 16.8. The molecule has 26 heavy (non-hydrogen) atoms. The molecule has 2 amide bonds. The van der Waals surface area contributed by atoms with Gasteiger partial charge in [0.25, 0.3) is 5.91 Å². The molecule has 0 saturated carbocycles. The number of nitrogens with zero attached hydrogens (tertiary/aromatic N) is 2. The Labute approximate surface area is 176 Å². The highest BCUT2D eigenvalue weighted by Gasteiger charge is 2.25. The maximum Gasteiger partial charge on any atom is 0.261 e. The van der Waals surface area contributed by atoms with Crippen molar-refractivity contribution in [2.75, 3.05) is 33.2 Å². The van der Waals surface area contributed by atoms with Gasteiger partial charge in [0.15, 0.2) is 5.96 Å². The lowest BCUT2D eigenvalue weighted by atomic mass is 10.3. The van der Waals surface area contributed by atoms with Crippen LogP contribution in [0, 0.1) is 0 Å². The summed E-state index contributed by atoms with van der Waals surface area (Å²) in [4.78, 5) is 30.4. The molecule has 1 aliphatic heterocycles. The second-order valence-corrected chi connectivity index (χ2v) is 6.86. The van der Waals surface area contributed by atoms with Gasteiger partial charge in [-0.05, 0) is 24.3 Å². The third-order valence-electron chi connectivity index (χ3n) is 4.08. The van der Waals surface area contributed by atoms with Crippen molar-refractivity contribution in [3.05, 3.63) is 22.4 Å². The lowest BCUT2D eigenvalue weighted by Gasteiger charge is -2.18. The van der Waals surface area contributed by atoms with E-state index in [1.807, 2.05) is 29.3 Å². The van der Waals surface area contributed by atoms with E-state index < -0.39 is 0 Å². The number of rotatable bonds is 7. The topological polar surface area (TPSA) is 85.8 Å². The van der Waals surface area contributed by atoms with Gasteiger partial charge in [-0.1, -0.05) is 13.0 Å². The molecule has 9 heteroatoms. The summed E-state index contributed by atoms with van der Waals surface area (Å²) in [7, 11) is 1.73. The van der Waals surface area contributed by atoms with Crippen LogP contribution in [0.25, 0.3) is 0 Å². The third-order valence-corrected chi connectivity index (χ3v) is 4.95. The van der Waals surface area contributed by atoms with Gasteiger partial charge in [0, 0.05) is 45.7 Å². The molecule has 1 aromatic rings. The van der Waals surface area contributed by atoms with Crippen molar-refractivity contribution in [3.63, 3.8) is 0 Å². The van der Waals surface area contributed by atoms with Crippen LogP contribution in [0.5, 0.6) is 0 Å². The Hall–Kier alpha value is -1.36. The van der Waals surface area contributed by atoms with E-state index in [0.29, 0.717) is 19.5 Å². The first-order valence-electron chi connectivity index (χ1n) is 8.70. The molecule has 3 N–H and O–H groups in total. The number of nitrogens with one attached hydrogen (secondary N) is 3. The van der Waals surface area contributed by atoms with Crippen molar-refractivity contribution in [2.45, 2.75) is 32.2 Å². The number of carbonyl (C=O) groups excluding carboxylic acids is 2. The van der Waals surface area contributed by atoms with Crippen LogP contribution < -0.4 is 16.0 Å². The number of likely N-dealkylation sites (tertiary alicyclic amines) is 1. The molecule has 2 rings (SSSR count). The molecule has 7 nitrogen and oxygen atoms in total. The number of hydrogen-bond donors (Lipinski definition) is 3. The van der Waals surface area contributed by atoms with Crippen molar-refractivity contribution in [1.82, 2.24) is 20.9 Å². The summed E-state index contributed by atoms with van der Waals surface area (Å²) in [6.45, 7) is 4.75. The number of carbonyl (C=O) groups is 2. The lowest BCUT2D eigenvalue weighted by Crippen LogP contribution is -2.45. The molecule has 1 unspecified atom stereocenters. The number of aliphatic imine (C=N–C) groups is 1. The lowest BCUT2D eigenvalue weighted by molar-refractivity contribution is -0.129. The molecule has 0 bridgehead atoms. The van der Waals surface area contributed by atoms with Crippen molar-refractivity contribution >= 4 is 53.1 Å². The Kier molecular flexibility index (Phi) is 10.6. The number of amides is 2. The van der Waals surface area contributed by atoms with E-state index in [1.165, 1.54) is 11.3 Å². The van der Waals surface area contributed by atoms with E-state index in [4.69, 9.17) is 0 Å². The number of guanidine groups is 1. The minimum Gasteiger partial charge on any atom is -0.356 e. The molecular formula is C17H28IN5O2S. The van der Waals surface area contributed by atoms with E-state index >= 15 is 0 Å². The zero-order valence-corrected chi connectivity index (χ0v) is 18.4. The first-order chi connectivity index (χ1) is 12.1. The number of halogens is 1. The van der Waals surface area contributed by atoms with E-state index in [1.54, 1.807) is 7.05 Å². The zero-order chi connectivity index (χ0) is 18.1. The van der Waals surface area contributed by atoms with Gasteiger partial charge in [0.1, 0.15) is 0 Å². The maximum atomic E-state index is 11.8. The van der Waals surface area contributed by atoms with Gasteiger partial charge >= 0.3 is 0 Å². The predicted molar refractivity (Wildman–Crippen MR) is 116 cm³/mol. The number of thiophene rings is 1. The molecule has 2 heterocycles. The van der Waals surface area contributed by atoms with Crippen LogP contribution in [0.3, 0.4) is 0 Å². The summed E-state index contributed by atoms with van der Waals surface area (Å²) in [6.07, 6.45) is 2.29. The third kappa shape index (κ3) is 7.10. The summed E-state index contributed by atoms with van der Waals surface area (Å²) in [6, 6.07) is 3.92. The Bertz CT molecular complexity index is 594. The average molecular weight is 493 g/mol. The van der Waals surface area contributed by atoms with Gasteiger partial charge in [0.05, 0.1) is 4.88 Å². The number of hydrogen-bond acceptors (Lipinski definition) is 4.